The van der Waals surface area contributed by atoms with Gasteiger partial charge in [0.2, 0.25) is 0 Å². The van der Waals surface area contributed by atoms with Crippen molar-refractivity contribution in [2.24, 2.45) is 15.3 Å². The van der Waals surface area contributed by atoms with Crippen LogP contribution in [0, 0.1) is 9.81 Å². The van der Waals surface area contributed by atoms with Crippen molar-refractivity contribution in [2.75, 3.05) is 0 Å². The average molecular weight is 144 g/mol. The van der Waals surface area contributed by atoms with Crippen LogP contribution in [0.25, 0.3) is 0 Å². The van der Waals surface area contributed by atoms with Gasteiger partial charge in [-0.05, 0) is 10.4 Å². The van der Waals surface area contributed by atoms with Crippen LogP contribution >= 0.6 is 0 Å². The van der Waals surface area contributed by atoms with Crippen LogP contribution in [0.5, 0.6) is 0 Å². The lowest BCUT2D eigenvalue weighted by Gasteiger charge is -2.27. The van der Waals surface area contributed by atoms with E-state index in [4.69, 9.17) is 5.21 Å². The summed E-state index contributed by atoms with van der Waals surface area (Å²) in [4.78, 5) is 23.1. The number of nitroso groups, excluding NO2 is 2. The Labute approximate surface area is 55.0 Å². The van der Waals surface area contributed by atoms with E-state index in [0.717, 1.165) is 0 Å². The van der Waals surface area contributed by atoms with Crippen molar-refractivity contribution >= 4 is 6.21 Å². The predicted octanol–water partition coefficient (Wildman–Crippen LogP) is -0.395. The van der Waals surface area contributed by atoms with Crippen LogP contribution in [-0.2, 0) is 0 Å². The summed E-state index contributed by atoms with van der Waals surface area (Å²) in [5, 5.41) is 12.9. The first-order valence-corrected chi connectivity index (χ1v) is 2.43. The molecule has 0 aliphatic carbocycles. The maximum absolute atomic E-state index is 9.90. The van der Waals surface area contributed by atoms with E-state index < -0.39 is 11.8 Å². The summed E-state index contributed by atoms with van der Waals surface area (Å²) in [5.41, 5.74) is 1.66. The molecule has 7 nitrogen and oxygen atoms in total. The zero-order valence-electron chi connectivity index (χ0n) is 4.76. The lowest BCUT2D eigenvalue weighted by molar-refractivity contribution is 0.109. The van der Waals surface area contributed by atoms with Crippen molar-refractivity contribution in [3.05, 3.63) is 9.81 Å². The SMILES string of the molecule is O=NC1(N=O)N=CC1NO. The monoisotopic (exact) mass is 144 g/mol. The molecular weight excluding hydrogens is 140 g/mol. The van der Waals surface area contributed by atoms with Crippen LogP contribution in [0.4, 0.5) is 0 Å². The zero-order valence-corrected chi connectivity index (χ0v) is 4.76. The topological polar surface area (TPSA) is 103 Å². The van der Waals surface area contributed by atoms with E-state index in [9.17, 15) is 9.81 Å². The Hall–Kier alpha value is -1.21. The molecule has 1 rings (SSSR count). The standard InChI is InChI=1S/C3H4N4O3/c8-5-2-1-4-3(2,6-9)7-10/h1-2,5,8H. The van der Waals surface area contributed by atoms with Gasteiger partial charge >= 0.3 is 5.79 Å². The molecule has 2 N–H and O–H groups in total. The van der Waals surface area contributed by atoms with E-state index in [-0.39, 0.29) is 0 Å². The fraction of sp³-hybridized carbons (Fsp3) is 0.667. The van der Waals surface area contributed by atoms with Crippen molar-refractivity contribution in [1.82, 2.24) is 5.48 Å². The Morgan fingerprint density at radius 2 is 2.20 bits per heavy atom. The van der Waals surface area contributed by atoms with E-state index in [1.165, 1.54) is 6.21 Å². The van der Waals surface area contributed by atoms with Gasteiger partial charge in [0.25, 0.3) is 0 Å². The molecule has 1 aliphatic heterocycles. The molecule has 0 aromatic rings. The summed E-state index contributed by atoms with van der Waals surface area (Å²) in [7, 11) is 0. The zero-order chi connectivity index (χ0) is 7.61. The Bertz CT molecular complexity index is 182. The molecule has 1 atom stereocenters. The molecule has 0 aromatic heterocycles. The van der Waals surface area contributed by atoms with E-state index >= 15 is 0 Å². The summed E-state index contributed by atoms with van der Waals surface area (Å²) in [5.74, 6) is -1.88. The summed E-state index contributed by atoms with van der Waals surface area (Å²) in [6.07, 6.45) is 1.17. The highest BCUT2D eigenvalue weighted by Gasteiger charge is 2.48. The van der Waals surface area contributed by atoms with Crippen molar-refractivity contribution in [3.8, 4) is 0 Å². The van der Waals surface area contributed by atoms with Crippen LogP contribution in [0.15, 0.2) is 15.3 Å². The molecule has 0 amide bonds. The van der Waals surface area contributed by atoms with Crippen LogP contribution in [0.3, 0.4) is 0 Å². The molecule has 0 fully saturated rings. The van der Waals surface area contributed by atoms with Gasteiger partial charge < -0.3 is 5.21 Å². The van der Waals surface area contributed by atoms with E-state index in [1.807, 2.05) is 0 Å². The van der Waals surface area contributed by atoms with Gasteiger partial charge in [0, 0.05) is 6.21 Å². The quantitative estimate of drug-likeness (QED) is 0.415. The summed E-state index contributed by atoms with van der Waals surface area (Å²) >= 11 is 0. The Kier molecular flexibility index (Phi) is 1.52. The largest absolute Gasteiger partial charge is 0.344 e. The van der Waals surface area contributed by atoms with Gasteiger partial charge in [-0.3, -0.25) is 0 Å². The lowest BCUT2D eigenvalue weighted by atomic mass is 10.1. The summed E-state index contributed by atoms with van der Waals surface area (Å²) < 4.78 is 0. The fourth-order valence-electron chi connectivity index (χ4n) is 0.580. The van der Waals surface area contributed by atoms with Crippen LogP contribution < -0.4 is 5.48 Å². The van der Waals surface area contributed by atoms with Crippen molar-refractivity contribution in [2.45, 2.75) is 11.8 Å². The molecule has 0 spiro atoms. The van der Waals surface area contributed by atoms with Gasteiger partial charge in [-0.2, -0.15) is 5.48 Å². The van der Waals surface area contributed by atoms with Crippen molar-refractivity contribution in [3.63, 3.8) is 0 Å². The minimum atomic E-state index is -1.88. The first-order valence-electron chi connectivity index (χ1n) is 2.43. The maximum Gasteiger partial charge on any atom is 0.344 e. The number of nitrogens with zero attached hydrogens (tertiary/aromatic N) is 3. The first kappa shape index (κ1) is 6.90. The third-order valence-corrected chi connectivity index (χ3v) is 1.24. The molecular formula is C3H4N4O3. The number of nitrogens with one attached hydrogen (secondary N) is 1. The Morgan fingerprint density at radius 3 is 2.30 bits per heavy atom. The third-order valence-electron chi connectivity index (χ3n) is 1.24. The molecule has 54 valence electrons. The highest BCUT2D eigenvalue weighted by atomic mass is 16.5. The van der Waals surface area contributed by atoms with Crippen LogP contribution in [0.2, 0.25) is 0 Å². The number of hydrogen-bond acceptors (Lipinski definition) is 7. The average Bonchev–Trinajstić information content (AvgIpc) is 1.90. The minimum absolute atomic E-state index is 0.887. The number of rotatable bonds is 3. The Morgan fingerprint density at radius 1 is 1.60 bits per heavy atom. The Balaban J connectivity index is 2.78. The van der Waals surface area contributed by atoms with Gasteiger partial charge in [0.15, 0.2) is 0 Å². The maximum atomic E-state index is 9.90. The second kappa shape index (κ2) is 2.20. The molecule has 0 saturated carbocycles. The van der Waals surface area contributed by atoms with Gasteiger partial charge in [-0.15, -0.1) is 9.81 Å². The molecule has 1 unspecified atom stereocenters. The van der Waals surface area contributed by atoms with E-state index in [1.54, 1.807) is 5.48 Å². The molecule has 1 aliphatic rings. The first-order chi connectivity index (χ1) is 4.79. The molecule has 1 heterocycles. The minimum Gasteiger partial charge on any atom is -0.316 e. The van der Waals surface area contributed by atoms with Crippen LogP contribution in [0.1, 0.15) is 0 Å². The fourth-order valence-corrected chi connectivity index (χ4v) is 0.580. The predicted molar refractivity (Wildman–Crippen MR) is 31.5 cm³/mol. The number of hydroxylamine groups is 1. The normalized spacial score (nSPS) is 27.1. The summed E-state index contributed by atoms with van der Waals surface area (Å²) in [6.45, 7) is 0. The number of hydrogen-bond donors (Lipinski definition) is 2. The van der Waals surface area contributed by atoms with E-state index in [2.05, 4.69) is 15.3 Å². The van der Waals surface area contributed by atoms with Crippen molar-refractivity contribution in [1.29, 1.82) is 0 Å². The second-order valence-corrected chi connectivity index (χ2v) is 1.75. The molecule has 0 radical (unpaired) electrons. The summed E-state index contributed by atoms with van der Waals surface area (Å²) in [6, 6.07) is -0.887. The number of aliphatic imine (C=N–C) groups is 1. The second-order valence-electron chi connectivity index (χ2n) is 1.75. The van der Waals surface area contributed by atoms with E-state index in [0.29, 0.717) is 0 Å². The molecule has 0 saturated heterocycles. The molecule has 7 heteroatoms. The van der Waals surface area contributed by atoms with Gasteiger partial charge in [0.05, 0.1) is 0 Å². The molecule has 0 bridgehead atoms. The van der Waals surface area contributed by atoms with Crippen molar-refractivity contribution < 1.29 is 5.21 Å². The highest BCUT2D eigenvalue weighted by Crippen LogP contribution is 2.25. The molecule has 10 heavy (non-hydrogen) atoms. The van der Waals surface area contributed by atoms with Crippen LogP contribution in [-0.4, -0.2) is 23.3 Å². The van der Waals surface area contributed by atoms with Gasteiger partial charge in [-0.1, -0.05) is 0 Å². The van der Waals surface area contributed by atoms with Gasteiger partial charge in [-0.25, -0.2) is 4.99 Å². The lowest BCUT2D eigenvalue weighted by Crippen LogP contribution is -2.53. The van der Waals surface area contributed by atoms with Gasteiger partial charge in [0.1, 0.15) is 6.04 Å². The molecule has 0 aromatic carbocycles. The smallest absolute Gasteiger partial charge is 0.316 e. The highest BCUT2D eigenvalue weighted by molar-refractivity contribution is 5.73. The third kappa shape index (κ3) is 0.645.